The van der Waals surface area contributed by atoms with E-state index in [2.05, 4.69) is 5.32 Å². The molecule has 0 aromatic heterocycles. The van der Waals surface area contributed by atoms with Crippen LogP contribution >= 0.6 is 0 Å². The Morgan fingerprint density at radius 2 is 1.91 bits per heavy atom. The number of rotatable bonds is 3. The molecule has 1 atom stereocenters. The number of amides is 3. The Labute approximate surface area is 131 Å². The zero-order valence-corrected chi connectivity index (χ0v) is 12.6. The maximum atomic E-state index is 12.5. The van der Waals surface area contributed by atoms with Gasteiger partial charge in [0.15, 0.2) is 0 Å². The number of hydrogen-bond acceptors (Lipinski definition) is 5. The van der Waals surface area contributed by atoms with Gasteiger partial charge in [0.25, 0.3) is 11.8 Å². The Morgan fingerprint density at radius 1 is 1.22 bits per heavy atom. The summed E-state index contributed by atoms with van der Waals surface area (Å²) in [6.45, 7) is 3.26. The van der Waals surface area contributed by atoms with Gasteiger partial charge in [0.1, 0.15) is 0 Å². The van der Waals surface area contributed by atoms with Crippen LogP contribution in [0, 0.1) is 0 Å². The largest absolute Gasteiger partial charge is 0.434 e. The first-order chi connectivity index (χ1) is 10.9. The molecular weight excluding hydrogens is 300 g/mol. The summed E-state index contributed by atoms with van der Waals surface area (Å²) < 4.78 is 5.02. The first-order valence-corrected chi connectivity index (χ1v) is 7.13. The molecule has 0 fully saturated rings. The topological polar surface area (TPSA) is 92.8 Å². The fourth-order valence-corrected chi connectivity index (χ4v) is 2.46. The molecule has 1 N–H and O–H groups in total. The van der Waals surface area contributed by atoms with Gasteiger partial charge < -0.3 is 10.1 Å². The van der Waals surface area contributed by atoms with Crippen LogP contribution in [0.4, 0.5) is 5.69 Å². The summed E-state index contributed by atoms with van der Waals surface area (Å²) in [7, 11) is 0. The van der Waals surface area contributed by atoms with Gasteiger partial charge in [-0.2, -0.15) is 0 Å². The fraction of sp³-hybridized carbons (Fsp3) is 0.250. The second-order valence-corrected chi connectivity index (χ2v) is 5.29. The molecule has 2 aliphatic heterocycles. The van der Waals surface area contributed by atoms with Crippen LogP contribution in [0.15, 0.2) is 29.8 Å². The number of anilines is 1. The molecule has 7 heteroatoms. The van der Waals surface area contributed by atoms with Crippen LogP contribution in [-0.4, -0.2) is 34.8 Å². The summed E-state index contributed by atoms with van der Waals surface area (Å²) >= 11 is 0. The van der Waals surface area contributed by atoms with Gasteiger partial charge in [0.2, 0.25) is 12.1 Å². The van der Waals surface area contributed by atoms with Crippen LogP contribution in [0.5, 0.6) is 0 Å². The van der Waals surface area contributed by atoms with E-state index >= 15 is 0 Å². The van der Waals surface area contributed by atoms with Crippen molar-refractivity contribution >= 4 is 29.4 Å². The van der Waals surface area contributed by atoms with E-state index in [1.54, 1.807) is 19.9 Å². The van der Waals surface area contributed by atoms with Gasteiger partial charge in [-0.1, -0.05) is 6.92 Å². The van der Waals surface area contributed by atoms with Gasteiger partial charge in [0, 0.05) is 17.7 Å². The minimum atomic E-state index is -1.02. The third-order valence-electron chi connectivity index (χ3n) is 3.72. The van der Waals surface area contributed by atoms with Gasteiger partial charge in [-0.3, -0.25) is 14.4 Å². The second-order valence-electron chi connectivity index (χ2n) is 5.29. The molecule has 118 valence electrons. The van der Waals surface area contributed by atoms with Crippen LogP contribution in [0.25, 0.3) is 0 Å². The SMILES string of the molecule is CCC(=O)Nc1ccc2c(c1)C(=O)N(C1C=C(C)C(=O)O1)C2=O. The predicted octanol–water partition coefficient (Wildman–Crippen LogP) is 1.46. The van der Waals surface area contributed by atoms with Crippen molar-refractivity contribution in [3.05, 3.63) is 41.0 Å². The Morgan fingerprint density at radius 3 is 2.52 bits per heavy atom. The number of benzene rings is 1. The summed E-state index contributed by atoms with van der Waals surface area (Å²) in [5, 5.41) is 2.64. The maximum absolute atomic E-state index is 12.5. The van der Waals surface area contributed by atoms with Crippen molar-refractivity contribution in [3.63, 3.8) is 0 Å². The average molecular weight is 314 g/mol. The lowest BCUT2D eigenvalue weighted by Crippen LogP contribution is -2.39. The maximum Gasteiger partial charge on any atom is 0.335 e. The monoisotopic (exact) mass is 314 g/mol. The molecule has 0 saturated heterocycles. The predicted molar refractivity (Wildman–Crippen MR) is 79.5 cm³/mol. The van der Waals surface area contributed by atoms with Gasteiger partial charge in [-0.25, -0.2) is 9.69 Å². The molecule has 1 aromatic rings. The summed E-state index contributed by atoms with van der Waals surface area (Å²) in [5.74, 6) is -1.83. The van der Waals surface area contributed by atoms with Crippen molar-refractivity contribution in [3.8, 4) is 0 Å². The van der Waals surface area contributed by atoms with E-state index in [-0.39, 0.29) is 17.0 Å². The number of nitrogens with one attached hydrogen (secondary N) is 1. The molecule has 0 radical (unpaired) electrons. The van der Waals surface area contributed by atoms with E-state index in [0.29, 0.717) is 17.7 Å². The summed E-state index contributed by atoms with van der Waals surface area (Å²) in [5.41, 5.74) is 1.19. The van der Waals surface area contributed by atoms with Gasteiger partial charge >= 0.3 is 5.97 Å². The number of hydrogen-bond donors (Lipinski definition) is 1. The zero-order chi connectivity index (χ0) is 16.7. The normalized spacial score (nSPS) is 19.6. The zero-order valence-electron chi connectivity index (χ0n) is 12.6. The average Bonchev–Trinajstić information content (AvgIpc) is 2.97. The lowest BCUT2D eigenvalue weighted by Gasteiger charge is -2.19. The summed E-state index contributed by atoms with van der Waals surface area (Å²) in [6.07, 6.45) is 0.714. The highest BCUT2D eigenvalue weighted by atomic mass is 16.6. The fourth-order valence-electron chi connectivity index (χ4n) is 2.46. The molecular formula is C16H14N2O5. The lowest BCUT2D eigenvalue weighted by molar-refractivity contribution is -0.143. The first kappa shape index (κ1) is 15.0. The molecule has 7 nitrogen and oxygen atoms in total. The van der Waals surface area contributed by atoms with Crippen molar-refractivity contribution in [2.75, 3.05) is 5.32 Å². The third-order valence-corrected chi connectivity index (χ3v) is 3.72. The minimum absolute atomic E-state index is 0.179. The highest BCUT2D eigenvalue weighted by Gasteiger charge is 2.43. The quantitative estimate of drug-likeness (QED) is 0.673. The Hall–Kier alpha value is -2.96. The molecule has 2 aliphatic rings. The number of imide groups is 1. The van der Waals surface area contributed by atoms with Gasteiger partial charge in [-0.15, -0.1) is 0 Å². The van der Waals surface area contributed by atoms with E-state index in [4.69, 9.17) is 4.74 Å². The van der Waals surface area contributed by atoms with Crippen molar-refractivity contribution in [1.29, 1.82) is 0 Å². The van der Waals surface area contributed by atoms with Crippen LogP contribution in [-0.2, 0) is 14.3 Å². The van der Waals surface area contributed by atoms with E-state index < -0.39 is 24.0 Å². The number of nitrogens with zero attached hydrogens (tertiary/aromatic N) is 1. The molecule has 2 heterocycles. The highest BCUT2D eigenvalue weighted by molar-refractivity contribution is 6.22. The summed E-state index contributed by atoms with van der Waals surface area (Å²) in [4.78, 5) is 48.7. The molecule has 0 bridgehead atoms. The smallest absolute Gasteiger partial charge is 0.335 e. The Kier molecular flexibility index (Phi) is 3.48. The Bertz CT molecular complexity index is 781. The summed E-state index contributed by atoms with van der Waals surface area (Å²) in [6, 6.07) is 4.49. The first-order valence-electron chi connectivity index (χ1n) is 7.13. The highest BCUT2D eigenvalue weighted by Crippen LogP contribution is 2.30. The van der Waals surface area contributed by atoms with Crippen LogP contribution < -0.4 is 5.32 Å². The lowest BCUT2D eigenvalue weighted by atomic mass is 10.1. The van der Waals surface area contributed by atoms with Crippen LogP contribution in [0.2, 0.25) is 0 Å². The minimum Gasteiger partial charge on any atom is -0.434 e. The van der Waals surface area contributed by atoms with Crippen molar-refractivity contribution < 1.29 is 23.9 Å². The standard InChI is InChI=1S/C16H14N2O5/c1-3-12(19)17-9-4-5-10-11(7-9)15(21)18(14(10)20)13-6-8(2)16(22)23-13/h4-7,13H,3H2,1-2H3,(H,17,19). The third kappa shape index (κ3) is 2.40. The van der Waals surface area contributed by atoms with Gasteiger partial charge in [-0.05, 0) is 31.2 Å². The van der Waals surface area contributed by atoms with E-state index in [9.17, 15) is 19.2 Å². The molecule has 23 heavy (non-hydrogen) atoms. The van der Waals surface area contributed by atoms with Crippen molar-refractivity contribution in [1.82, 2.24) is 4.90 Å². The van der Waals surface area contributed by atoms with Gasteiger partial charge in [0.05, 0.1) is 11.1 Å². The number of carbonyl (C=O) groups is 4. The number of cyclic esters (lactones) is 1. The molecule has 0 aliphatic carbocycles. The number of esters is 1. The van der Waals surface area contributed by atoms with E-state index in [1.165, 1.54) is 18.2 Å². The Balaban J connectivity index is 1.91. The van der Waals surface area contributed by atoms with Crippen molar-refractivity contribution in [2.24, 2.45) is 0 Å². The molecule has 1 aromatic carbocycles. The molecule has 0 spiro atoms. The van der Waals surface area contributed by atoms with Crippen LogP contribution in [0.1, 0.15) is 41.0 Å². The second kappa shape index (κ2) is 5.35. The number of fused-ring (bicyclic) bond motifs is 1. The van der Waals surface area contributed by atoms with E-state index in [1.807, 2.05) is 0 Å². The number of carbonyl (C=O) groups excluding carboxylic acids is 4. The van der Waals surface area contributed by atoms with Crippen LogP contribution in [0.3, 0.4) is 0 Å². The number of ether oxygens (including phenoxy) is 1. The van der Waals surface area contributed by atoms with Crippen molar-refractivity contribution in [2.45, 2.75) is 26.5 Å². The molecule has 1 unspecified atom stereocenters. The molecule has 3 amide bonds. The molecule has 0 saturated carbocycles. The van der Waals surface area contributed by atoms with E-state index in [0.717, 1.165) is 4.90 Å². The molecule has 3 rings (SSSR count).